The van der Waals surface area contributed by atoms with Crippen molar-refractivity contribution in [1.82, 2.24) is 10.2 Å². The number of rotatable bonds is 9. The molecule has 1 aromatic heterocycles. The normalized spacial score (nSPS) is 11.6. The van der Waals surface area contributed by atoms with E-state index in [9.17, 15) is 4.79 Å². The van der Waals surface area contributed by atoms with Crippen LogP contribution >= 0.6 is 35.0 Å². The van der Waals surface area contributed by atoms with E-state index in [2.05, 4.69) is 10.2 Å². The van der Waals surface area contributed by atoms with Crippen LogP contribution in [0.2, 0.25) is 10.0 Å². The molecule has 0 saturated carbocycles. The van der Waals surface area contributed by atoms with Crippen molar-refractivity contribution in [1.29, 1.82) is 5.26 Å². The maximum absolute atomic E-state index is 15.4. The van der Waals surface area contributed by atoms with Gasteiger partial charge in [0.1, 0.15) is 5.75 Å². The smallest absolute Gasteiger partial charge is 0.247 e. The molecule has 4 aromatic rings. The van der Waals surface area contributed by atoms with Gasteiger partial charge in [0, 0.05) is 21.9 Å². The molecule has 1 atom stereocenters. The number of nitrogens with zero attached hydrogens (tertiary/aromatic N) is 3. The zero-order valence-electron chi connectivity index (χ0n) is 19.4. The quantitative estimate of drug-likeness (QED) is 0.254. The lowest BCUT2D eigenvalue weighted by Crippen LogP contribution is -2.23. The molecular formula is C26H19Cl2FN4O3S. The fourth-order valence-electron chi connectivity index (χ4n) is 3.61. The Bertz CT molecular complexity index is 1510. The molecule has 7 nitrogen and oxygen atoms in total. The standard InChI is InChI=1S/C26H19Cl2FN4O3S/c1-37-13-20(25(31)34)15-3-2-4-17(9-15)26-33-32-22(36-26)10-16-5-6-21(28)24(23(16)29)35-19-8-14(12-30)7-18(27)11-19/h2-9,11,20H,10,13H2,1H3,(H2,31,34). The average Bonchev–Trinajstić information content (AvgIpc) is 3.35. The summed E-state index contributed by atoms with van der Waals surface area (Å²) in [4.78, 5) is 11.9. The predicted octanol–water partition coefficient (Wildman–Crippen LogP) is 6.37. The molecular weight excluding hydrogens is 538 g/mol. The van der Waals surface area contributed by atoms with Crippen LogP contribution in [0.1, 0.15) is 28.5 Å². The van der Waals surface area contributed by atoms with Gasteiger partial charge in [-0.3, -0.25) is 4.79 Å². The number of aromatic nitrogens is 2. The molecule has 0 aliphatic carbocycles. The van der Waals surface area contributed by atoms with Gasteiger partial charge in [-0.25, -0.2) is 4.39 Å². The highest BCUT2D eigenvalue weighted by Gasteiger charge is 2.20. The van der Waals surface area contributed by atoms with Crippen LogP contribution in [-0.2, 0) is 11.2 Å². The highest BCUT2D eigenvalue weighted by atomic mass is 35.5. The molecule has 3 aromatic carbocycles. The molecule has 2 N–H and O–H groups in total. The lowest BCUT2D eigenvalue weighted by Gasteiger charge is -2.12. The number of thioether (sulfide) groups is 1. The van der Waals surface area contributed by atoms with Crippen molar-refractivity contribution in [2.24, 2.45) is 5.73 Å². The number of ether oxygens (including phenoxy) is 1. The number of carbonyl (C=O) groups is 1. The van der Waals surface area contributed by atoms with Crippen molar-refractivity contribution in [2.75, 3.05) is 12.0 Å². The van der Waals surface area contributed by atoms with Crippen molar-refractivity contribution in [3.8, 4) is 29.0 Å². The van der Waals surface area contributed by atoms with Gasteiger partial charge in [0.25, 0.3) is 0 Å². The Kier molecular flexibility index (Phi) is 8.34. The lowest BCUT2D eigenvalue weighted by atomic mass is 9.98. The van der Waals surface area contributed by atoms with Gasteiger partial charge < -0.3 is 14.9 Å². The van der Waals surface area contributed by atoms with E-state index in [1.165, 1.54) is 42.1 Å². The fraction of sp³-hybridized carbons (Fsp3) is 0.154. The summed E-state index contributed by atoms with van der Waals surface area (Å²) in [5.74, 6) is -0.717. The highest BCUT2D eigenvalue weighted by Crippen LogP contribution is 2.36. The van der Waals surface area contributed by atoms with Crippen molar-refractivity contribution < 1.29 is 18.3 Å². The molecule has 0 spiro atoms. The van der Waals surface area contributed by atoms with Crippen LogP contribution in [0.25, 0.3) is 11.5 Å². The summed E-state index contributed by atoms with van der Waals surface area (Å²) in [5.41, 5.74) is 7.38. The maximum Gasteiger partial charge on any atom is 0.247 e. The molecule has 1 unspecified atom stereocenters. The zero-order chi connectivity index (χ0) is 26.5. The molecule has 0 aliphatic heterocycles. The summed E-state index contributed by atoms with van der Waals surface area (Å²) in [6.45, 7) is 0. The molecule has 188 valence electrons. The third-order valence-corrected chi connectivity index (χ3v) is 6.55. The Morgan fingerprint density at radius 3 is 2.76 bits per heavy atom. The second kappa shape index (κ2) is 11.6. The molecule has 0 radical (unpaired) electrons. The van der Waals surface area contributed by atoms with E-state index in [4.69, 9.17) is 43.4 Å². The van der Waals surface area contributed by atoms with E-state index >= 15 is 4.39 Å². The molecule has 0 aliphatic rings. The van der Waals surface area contributed by atoms with Gasteiger partial charge in [-0.2, -0.15) is 17.0 Å². The van der Waals surface area contributed by atoms with Gasteiger partial charge in [0.2, 0.25) is 17.7 Å². The van der Waals surface area contributed by atoms with Crippen LogP contribution in [0.15, 0.2) is 59.0 Å². The van der Waals surface area contributed by atoms with Gasteiger partial charge in [-0.1, -0.05) is 41.4 Å². The number of amides is 1. The number of primary amides is 1. The van der Waals surface area contributed by atoms with Crippen LogP contribution < -0.4 is 10.5 Å². The maximum atomic E-state index is 15.4. The van der Waals surface area contributed by atoms with Gasteiger partial charge in [0.05, 0.1) is 29.0 Å². The Morgan fingerprint density at radius 2 is 2.03 bits per heavy atom. The first kappa shape index (κ1) is 26.5. The molecule has 1 amide bonds. The molecule has 11 heteroatoms. The summed E-state index contributed by atoms with van der Waals surface area (Å²) in [6.07, 6.45) is 1.87. The Labute approximate surface area is 226 Å². The predicted molar refractivity (Wildman–Crippen MR) is 141 cm³/mol. The summed E-state index contributed by atoms with van der Waals surface area (Å²) in [7, 11) is 0. The van der Waals surface area contributed by atoms with Crippen LogP contribution in [-0.4, -0.2) is 28.1 Å². The van der Waals surface area contributed by atoms with Gasteiger partial charge in [-0.15, -0.1) is 10.2 Å². The van der Waals surface area contributed by atoms with E-state index in [0.29, 0.717) is 11.3 Å². The zero-order valence-corrected chi connectivity index (χ0v) is 21.7. The largest absolute Gasteiger partial charge is 0.453 e. The summed E-state index contributed by atoms with van der Waals surface area (Å²) >= 11 is 13.7. The topological polar surface area (TPSA) is 115 Å². The SMILES string of the molecule is CSCC(C(N)=O)c1cccc(-c2nnc(Cc3ccc(Cl)c(Oc4cc(Cl)cc(C#N)c4)c3F)o2)c1. The van der Waals surface area contributed by atoms with Crippen LogP contribution in [0.5, 0.6) is 11.5 Å². The lowest BCUT2D eigenvalue weighted by molar-refractivity contribution is -0.118. The molecule has 4 rings (SSSR count). The number of hydrogen-bond acceptors (Lipinski definition) is 7. The van der Waals surface area contributed by atoms with Gasteiger partial charge >= 0.3 is 0 Å². The average molecular weight is 557 g/mol. The second-order valence-corrected chi connectivity index (χ2v) is 9.71. The monoisotopic (exact) mass is 556 g/mol. The minimum Gasteiger partial charge on any atom is -0.453 e. The van der Waals surface area contributed by atoms with Crippen molar-refractivity contribution >= 4 is 40.9 Å². The van der Waals surface area contributed by atoms with Crippen LogP contribution in [0, 0.1) is 17.1 Å². The van der Waals surface area contributed by atoms with Crippen molar-refractivity contribution in [3.05, 3.63) is 93.0 Å². The molecule has 37 heavy (non-hydrogen) atoms. The number of carbonyl (C=O) groups excluding carboxylic acids is 1. The van der Waals surface area contributed by atoms with E-state index < -0.39 is 17.6 Å². The minimum absolute atomic E-state index is 0.0264. The summed E-state index contributed by atoms with van der Waals surface area (Å²) in [6, 6.07) is 16.4. The van der Waals surface area contributed by atoms with E-state index in [-0.39, 0.29) is 50.9 Å². The van der Waals surface area contributed by atoms with E-state index in [1.807, 2.05) is 18.4 Å². The van der Waals surface area contributed by atoms with Crippen molar-refractivity contribution in [2.45, 2.75) is 12.3 Å². The Balaban J connectivity index is 1.58. The number of benzene rings is 3. The molecule has 0 saturated heterocycles. The Hall–Kier alpha value is -3.58. The van der Waals surface area contributed by atoms with Crippen LogP contribution in [0.4, 0.5) is 4.39 Å². The number of halogens is 3. The fourth-order valence-corrected chi connectivity index (χ4v) is 4.71. The van der Waals surface area contributed by atoms with E-state index in [0.717, 1.165) is 5.56 Å². The van der Waals surface area contributed by atoms with Crippen molar-refractivity contribution in [3.63, 3.8) is 0 Å². The Morgan fingerprint density at radius 1 is 1.22 bits per heavy atom. The van der Waals surface area contributed by atoms with Gasteiger partial charge in [0.15, 0.2) is 11.6 Å². The summed E-state index contributed by atoms with van der Waals surface area (Å²) in [5, 5.41) is 17.6. The first-order valence-corrected chi connectivity index (χ1v) is 13.0. The number of nitrogens with two attached hydrogens (primary N) is 1. The highest BCUT2D eigenvalue weighted by molar-refractivity contribution is 7.98. The number of nitriles is 1. The first-order chi connectivity index (χ1) is 17.8. The molecule has 0 fully saturated rings. The van der Waals surface area contributed by atoms with Crippen LogP contribution in [0.3, 0.4) is 0 Å². The molecule has 0 bridgehead atoms. The molecule has 1 heterocycles. The summed E-state index contributed by atoms with van der Waals surface area (Å²) < 4.78 is 26.8. The minimum atomic E-state index is -0.714. The first-order valence-electron chi connectivity index (χ1n) is 10.9. The second-order valence-electron chi connectivity index (χ2n) is 7.95. The third kappa shape index (κ3) is 6.23. The number of hydrogen-bond donors (Lipinski definition) is 1. The third-order valence-electron chi connectivity index (χ3n) is 5.37. The van der Waals surface area contributed by atoms with Gasteiger partial charge in [-0.05, 0) is 48.2 Å². The van der Waals surface area contributed by atoms with E-state index in [1.54, 1.807) is 18.2 Å².